The normalized spacial score (nSPS) is 13.6. The van der Waals surface area contributed by atoms with E-state index in [-0.39, 0.29) is 0 Å². The van der Waals surface area contributed by atoms with Crippen molar-refractivity contribution in [3.63, 3.8) is 0 Å². The number of hydrogen-bond acceptors (Lipinski definition) is 4. The summed E-state index contributed by atoms with van der Waals surface area (Å²) in [6.07, 6.45) is 0.410. The number of aromatic nitrogens is 3. The minimum absolute atomic E-state index is 0.462. The van der Waals surface area contributed by atoms with Crippen LogP contribution in [0.1, 0.15) is 25.6 Å². The molecule has 0 bridgehead atoms. The van der Waals surface area contributed by atoms with Crippen LogP contribution >= 0.6 is 0 Å². The fourth-order valence-corrected chi connectivity index (χ4v) is 1.56. The van der Waals surface area contributed by atoms with Gasteiger partial charge in [0.05, 0.1) is 23.2 Å². The SMILES string of the molecule is CC(C)(O)C(O)c1cnnn1-c1ccccc1. The third-order valence-electron chi connectivity index (χ3n) is 2.53. The van der Waals surface area contributed by atoms with Gasteiger partial charge in [0.25, 0.3) is 0 Å². The summed E-state index contributed by atoms with van der Waals surface area (Å²) in [7, 11) is 0. The molecule has 1 aromatic heterocycles. The van der Waals surface area contributed by atoms with E-state index in [1.807, 2.05) is 30.3 Å². The second kappa shape index (κ2) is 4.27. The van der Waals surface area contributed by atoms with E-state index in [1.54, 1.807) is 13.8 Å². The van der Waals surface area contributed by atoms with Gasteiger partial charge in [-0.15, -0.1) is 5.10 Å². The van der Waals surface area contributed by atoms with Gasteiger partial charge in [0.2, 0.25) is 0 Å². The molecule has 1 unspecified atom stereocenters. The Bertz CT molecular complexity index is 488. The maximum Gasteiger partial charge on any atom is 0.126 e. The summed E-state index contributed by atoms with van der Waals surface area (Å²) < 4.78 is 1.52. The number of para-hydroxylation sites is 1. The highest BCUT2D eigenvalue weighted by molar-refractivity contribution is 5.32. The number of benzene rings is 1. The first-order valence-electron chi connectivity index (χ1n) is 5.36. The van der Waals surface area contributed by atoms with Gasteiger partial charge in [-0.3, -0.25) is 0 Å². The molecule has 0 saturated heterocycles. The summed E-state index contributed by atoms with van der Waals surface area (Å²) in [5.74, 6) is 0. The quantitative estimate of drug-likeness (QED) is 0.832. The molecule has 0 radical (unpaired) electrons. The minimum Gasteiger partial charge on any atom is -0.387 e. The molecule has 1 atom stereocenters. The van der Waals surface area contributed by atoms with E-state index in [0.717, 1.165) is 5.69 Å². The van der Waals surface area contributed by atoms with Crippen LogP contribution in [-0.4, -0.2) is 30.8 Å². The van der Waals surface area contributed by atoms with Crippen molar-refractivity contribution in [2.24, 2.45) is 0 Å². The highest BCUT2D eigenvalue weighted by atomic mass is 16.3. The van der Waals surface area contributed by atoms with Crippen molar-refractivity contribution >= 4 is 0 Å². The molecule has 0 spiro atoms. The van der Waals surface area contributed by atoms with Gasteiger partial charge in [-0.2, -0.15) is 0 Å². The van der Waals surface area contributed by atoms with Crippen LogP contribution in [0.25, 0.3) is 5.69 Å². The maximum atomic E-state index is 10.0. The highest BCUT2D eigenvalue weighted by Crippen LogP contribution is 2.25. The molecule has 0 fully saturated rings. The fraction of sp³-hybridized carbons (Fsp3) is 0.333. The predicted octanol–water partition coefficient (Wildman–Crippen LogP) is 1.07. The van der Waals surface area contributed by atoms with E-state index in [0.29, 0.717) is 5.69 Å². The molecule has 0 aliphatic carbocycles. The third kappa shape index (κ3) is 2.35. The molecular formula is C12H15N3O2. The van der Waals surface area contributed by atoms with Crippen LogP contribution in [0.5, 0.6) is 0 Å². The van der Waals surface area contributed by atoms with Crippen LogP contribution in [0.15, 0.2) is 36.5 Å². The number of nitrogens with zero attached hydrogens (tertiary/aromatic N) is 3. The van der Waals surface area contributed by atoms with Crippen LogP contribution in [0, 0.1) is 0 Å². The standard InChI is InChI=1S/C12H15N3O2/c1-12(2,17)11(16)10-8-13-14-15(10)9-6-4-3-5-7-9/h3-8,11,16-17H,1-2H3. The Balaban J connectivity index is 2.43. The van der Waals surface area contributed by atoms with Crippen molar-refractivity contribution in [3.8, 4) is 5.69 Å². The van der Waals surface area contributed by atoms with Gasteiger partial charge >= 0.3 is 0 Å². The summed E-state index contributed by atoms with van der Waals surface area (Å²) >= 11 is 0. The second-order valence-electron chi connectivity index (χ2n) is 4.46. The minimum atomic E-state index is -1.24. The molecule has 2 aromatic rings. The van der Waals surface area contributed by atoms with Gasteiger partial charge < -0.3 is 10.2 Å². The fourth-order valence-electron chi connectivity index (χ4n) is 1.56. The van der Waals surface area contributed by atoms with Crippen LogP contribution in [-0.2, 0) is 0 Å². The zero-order valence-corrected chi connectivity index (χ0v) is 9.78. The number of rotatable bonds is 3. The smallest absolute Gasteiger partial charge is 0.126 e. The monoisotopic (exact) mass is 233 g/mol. The molecule has 17 heavy (non-hydrogen) atoms. The lowest BCUT2D eigenvalue weighted by Crippen LogP contribution is -2.30. The summed E-state index contributed by atoms with van der Waals surface area (Å²) in [5.41, 5.74) is 0.0147. The van der Waals surface area contributed by atoms with Crippen molar-refractivity contribution in [2.75, 3.05) is 0 Å². The van der Waals surface area contributed by atoms with Gasteiger partial charge in [0, 0.05) is 0 Å². The highest BCUT2D eigenvalue weighted by Gasteiger charge is 2.29. The van der Waals surface area contributed by atoms with Gasteiger partial charge in [0.15, 0.2) is 0 Å². The molecule has 1 aromatic carbocycles. The Kier molecular flexibility index (Phi) is 2.95. The molecule has 0 aliphatic rings. The van der Waals surface area contributed by atoms with Crippen molar-refractivity contribution in [1.82, 2.24) is 15.0 Å². The molecule has 1 heterocycles. The summed E-state index contributed by atoms with van der Waals surface area (Å²) in [5, 5.41) is 27.5. The number of aliphatic hydroxyl groups excluding tert-OH is 1. The lowest BCUT2D eigenvalue weighted by Gasteiger charge is -2.24. The van der Waals surface area contributed by atoms with E-state index in [4.69, 9.17) is 0 Å². The Hall–Kier alpha value is -1.72. The molecule has 0 amide bonds. The second-order valence-corrected chi connectivity index (χ2v) is 4.46. The molecule has 5 nitrogen and oxygen atoms in total. The Labute approximate surface area is 99.3 Å². The van der Waals surface area contributed by atoms with E-state index in [9.17, 15) is 10.2 Å². The van der Waals surface area contributed by atoms with E-state index in [2.05, 4.69) is 10.3 Å². The van der Waals surface area contributed by atoms with Crippen molar-refractivity contribution in [2.45, 2.75) is 25.6 Å². The van der Waals surface area contributed by atoms with Crippen molar-refractivity contribution in [1.29, 1.82) is 0 Å². The lowest BCUT2D eigenvalue weighted by molar-refractivity contribution is -0.0528. The topological polar surface area (TPSA) is 71.2 Å². The molecular weight excluding hydrogens is 218 g/mol. The van der Waals surface area contributed by atoms with E-state index >= 15 is 0 Å². The van der Waals surface area contributed by atoms with Crippen LogP contribution in [0.2, 0.25) is 0 Å². The van der Waals surface area contributed by atoms with E-state index < -0.39 is 11.7 Å². The first-order chi connectivity index (χ1) is 8.00. The number of hydrogen-bond donors (Lipinski definition) is 2. The average Bonchev–Trinajstić information content (AvgIpc) is 2.76. The average molecular weight is 233 g/mol. The summed E-state index contributed by atoms with van der Waals surface area (Å²) in [6, 6.07) is 9.35. The summed E-state index contributed by atoms with van der Waals surface area (Å²) in [6.45, 7) is 3.08. The first kappa shape index (κ1) is 11.8. The van der Waals surface area contributed by atoms with Gasteiger partial charge in [-0.25, -0.2) is 4.68 Å². The largest absolute Gasteiger partial charge is 0.387 e. The molecule has 2 N–H and O–H groups in total. The molecule has 5 heteroatoms. The Morgan fingerprint density at radius 2 is 1.88 bits per heavy atom. The maximum absolute atomic E-state index is 10.0. The predicted molar refractivity (Wildman–Crippen MR) is 62.6 cm³/mol. The number of aliphatic hydroxyl groups is 2. The zero-order chi connectivity index (χ0) is 12.5. The van der Waals surface area contributed by atoms with Gasteiger partial charge in [0.1, 0.15) is 6.10 Å². The van der Waals surface area contributed by atoms with Crippen LogP contribution < -0.4 is 0 Å². The first-order valence-corrected chi connectivity index (χ1v) is 5.36. The van der Waals surface area contributed by atoms with Crippen LogP contribution in [0.4, 0.5) is 0 Å². The van der Waals surface area contributed by atoms with E-state index in [1.165, 1.54) is 10.9 Å². The summed E-state index contributed by atoms with van der Waals surface area (Å²) in [4.78, 5) is 0. The van der Waals surface area contributed by atoms with Gasteiger partial charge in [-0.1, -0.05) is 23.4 Å². The van der Waals surface area contributed by atoms with Crippen molar-refractivity contribution in [3.05, 3.63) is 42.2 Å². The molecule has 0 aliphatic heterocycles. The Morgan fingerprint density at radius 3 is 2.47 bits per heavy atom. The van der Waals surface area contributed by atoms with Crippen LogP contribution in [0.3, 0.4) is 0 Å². The molecule has 0 saturated carbocycles. The van der Waals surface area contributed by atoms with Crippen molar-refractivity contribution < 1.29 is 10.2 Å². The lowest BCUT2D eigenvalue weighted by atomic mass is 9.99. The Morgan fingerprint density at radius 1 is 1.24 bits per heavy atom. The third-order valence-corrected chi connectivity index (χ3v) is 2.53. The zero-order valence-electron chi connectivity index (χ0n) is 9.78. The molecule has 2 rings (SSSR count). The molecule has 90 valence electrons. The van der Waals surface area contributed by atoms with Gasteiger partial charge in [-0.05, 0) is 26.0 Å².